The van der Waals surface area contributed by atoms with Crippen LogP contribution in [0.25, 0.3) is 16.9 Å². The number of aromatic nitrogens is 3. The summed E-state index contributed by atoms with van der Waals surface area (Å²) in [6.45, 7) is 0.450. The molecule has 4 rings (SSSR count). The second-order valence-electron chi connectivity index (χ2n) is 5.92. The zero-order valence-electron chi connectivity index (χ0n) is 12.8. The van der Waals surface area contributed by atoms with Gasteiger partial charge in [0.15, 0.2) is 5.65 Å². The maximum atomic E-state index is 14.1. The lowest BCUT2D eigenvalue weighted by Crippen LogP contribution is -2.40. The van der Waals surface area contributed by atoms with Crippen molar-refractivity contribution < 1.29 is 13.2 Å². The molecule has 1 aromatic carbocycles. The van der Waals surface area contributed by atoms with E-state index < -0.39 is 5.92 Å². The van der Waals surface area contributed by atoms with Crippen molar-refractivity contribution in [2.24, 2.45) is 0 Å². The molecule has 1 aliphatic heterocycles. The number of rotatable bonds is 2. The highest BCUT2D eigenvalue weighted by Gasteiger charge is 2.34. The molecule has 0 spiro atoms. The van der Waals surface area contributed by atoms with E-state index in [-0.39, 0.29) is 31.7 Å². The summed E-state index contributed by atoms with van der Waals surface area (Å²) in [6, 6.07) is 9.80. The molecule has 1 aliphatic rings. The molecule has 24 heavy (non-hydrogen) atoms. The molecule has 0 bridgehead atoms. The van der Waals surface area contributed by atoms with Gasteiger partial charge in [-0.3, -0.25) is 0 Å². The monoisotopic (exact) mass is 332 g/mol. The quantitative estimate of drug-likeness (QED) is 0.716. The average Bonchev–Trinajstić information content (AvgIpc) is 3.03. The smallest absolute Gasteiger partial charge is 0.251 e. The normalized spacial score (nSPS) is 17.4. The second-order valence-corrected chi connectivity index (χ2v) is 5.92. The molecule has 7 heteroatoms. The summed E-state index contributed by atoms with van der Waals surface area (Å²) in [7, 11) is 0. The van der Waals surface area contributed by atoms with E-state index in [9.17, 15) is 13.2 Å². The summed E-state index contributed by atoms with van der Waals surface area (Å²) < 4.78 is 42.6. The van der Waals surface area contributed by atoms with Crippen molar-refractivity contribution in [2.75, 3.05) is 18.0 Å². The number of benzene rings is 1. The Morgan fingerprint density at radius 1 is 1.04 bits per heavy atom. The number of anilines is 1. The first kappa shape index (κ1) is 15.0. The molecule has 124 valence electrons. The second kappa shape index (κ2) is 5.51. The van der Waals surface area contributed by atoms with Crippen molar-refractivity contribution in [3.63, 3.8) is 0 Å². The summed E-state index contributed by atoms with van der Waals surface area (Å²) in [4.78, 5) is 6.29. The SMILES string of the molecule is Fc1ccccc1-c1cc(N2CCC(F)(F)CC2)n2nccc2n1. The minimum absolute atomic E-state index is 0.201. The van der Waals surface area contributed by atoms with Crippen LogP contribution in [0.5, 0.6) is 0 Å². The Bertz CT molecular complexity index is 880. The number of nitrogens with zero attached hydrogens (tertiary/aromatic N) is 4. The van der Waals surface area contributed by atoms with Gasteiger partial charge in [-0.15, -0.1) is 0 Å². The number of alkyl halides is 2. The van der Waals surface area contributed by atoms with Crippen LogP contribution in [0.3, 0.4) is 0 Å². The van der Waals surface area contributed by atoms with E-state index in [2.05, 4.69) is 10.1 Å². The molecular formula is C17H15F3N4. The van der Waals surface area contributed by atoms with Gasteiger partial charge < -0.3 is 4.90 Å². The highest BCUT2D eigenvalue weighted by Crippen LogP contribution is 2.32. The minimum atomic E-state index is -2.62. The minimum Gasteiger partial charge on any atom is -0.356 e. The molecule has 3 heterocycles. The fourth-order valence-electron chi connectivity index (χ4n) is 2.99. The lowest BCUT2D eigenvalue weighted by molar-refractivity contribution is -0.0222. The van der Waals surface area contributed by atoms with Crippen LogP contribution in [0.2, 0.25) is 0 Å². The molecule has 0 atom stereocenters. The summed E-state index contributed by atoms with van der Waals surface area (Å²) in [5, 5.41) is 4.22. The summed E-state index contributed by atoms with van der Waals surface area (Å²) in [6.07, 6.45) is 1.19. The van der Waals surface area contributed by atoms with E-state index in [0.29, 0.717) is 22.7 Å². The van der Waals surface area contributed by atoms with Crippen molar-refractivity contribution in [1.29, 1.82) is 0 Å². The standard InChI is InChI=1S/C17H15F3N4/c18-13-4-2-1-3-12(13)14-11-16(24-15(22-14)5-8-21-24)23-9-6-17(19,20)7-10-23/h1-5,8,11H,6-7,9-10H2. The number of hydrogen-bond acceptors (Lipinski definition) is 3. The first-order valence-corrected chi connectivity index (χ1v) is 7.76. The zero-order valence-corrected chi connectivity index (χ0v) is 12.8. The molecule has 1 fully saturated rings. The van der Waals surface area contributed by atoms with Crippen molar-refractivity contribution in [3.05, 3.63) is 48.4 Å². The molecule has 0 saturated carbocycles. The van der Waals surface area contributed by atoms with Gasteiger partial charge in [-0.1, -0.05) is 12.1 Å². The first-order chi connectivity index (χ1) is 11.5. The predicted octanol–water partition coefficient (Wildman–Crippen LogP) is 3.77. The van der Waals surface area contributed by atoms with Gasteiger partial charge in [0, 0.05) is 43.6 Å². The third-order valence-corrected chi connectivity index (χ3v) is 4.31. The highest BCUT2D eigenvalue weighted by atomic mass is 19.3. The Morgan fingerprint density at radius 3 is 2.54 bits per heavy atom. The fourth-order valence-corrected chi connectivity index (χ4v) is 2.99. The third kappa shape index (κ3) is 2.60. The van der Waals surface area contributed by atoms with Crippen molar-refractivity contribution in [3.8, 4) is 11.3 Å². The van der Waals surface area contributed by atoms with Crippen LogP contribution in [-0.2, 0) is 0 Å². The number of piperidine rings is 1. The molecule has 0 N–H and O–H groups in total. The largest absolute Gasteiger partial charge is 0.356 e. The van der Waals surface area contributed by atoms with Gasteiger partial charge >= 0.3 is 0 Å². The fraction of sp³-hybridized carbons (Fsp3) is 0.294. The molecule has 3 aromatic rings. The van der Waals surface area contributed by atoms with Gasteiger partial charge in [0.2, 0.25) is 0 Å². The van der Waals surface area contributed by atoms with Gasteiger partial charge in [0.25, 0.3) is 5.92 Å². The highest BCUT2D eigenvalue weighted by molar-refractivity contribution is 5.67. The Morgan fingerprint density at radius 2 is 1.79 bits per heavy atom. The molecule has 0 unspecified atom stereocenters. The molecule has 0 aliphatic carbocycles. The van der Waals surface area contributed by atoms with Gasteiger partial charge in [0.1, 0.15) is 11.6 Å². The van der Waals surface area contributed by atoms with Crippen LogP contribution in [0.4, 0.5) is 19.0 Å². The Hall–Kier alpha value is -2.57. The number of halogens is 3. The van der Waals surface area contributed by atoms with Crippen LogP contribution < -0.4 is 4.90 Å². The van der Waals surface area contributed by atoms with Gasteiger partial charge in [-0.05, 0) is 12.1 Å². The Kier molecular flexibility index (Phi) is 3.44. The van der Waals surface area contributed by atoms with Crippen LogP contribution >= 0.6 is 0 Å². The summed E-state index contributed by atoms with van der Waals surface area (Å²) >= 11 is 0. The summed E-state index contributed by atoms with van der Waals surface area (Å²) in [5.41, 5.74) is 1.40. The van der Waals surface area contributed by atoms with Crippen molar-refractivity contribution in [1.82, 2.24) is 14.6 Å². The molecule has 0 amide bonds. The van der Waals surface area contributed by atoms with Crippen LogP contribution in [0.15, 0.2) is 42.6 Å². The zero-order chi connectivity index (χ0) is 16.7. The molecule has 4 nitrogen and oxygen atoms in total. The molecule has 0 radical (unpaired) electrons. The van der Waals surface area contributed by atoms with E-state index in [0.717, 1.165) is 0 Å². The van der Waals surface area contributed by atoms with E-state index in [1.807, 2.05) is 4.90 Å². The summed E-state index contributed by atoms with van der Waals surface area (Å²) in [5.74, 6) is -2.34. The van der Waals surface area contributed by atoms with Gasteiger partial charge in [-0.2, -0.15) is 9.61 Å². The first-order valence-electron chi connectivity index (χ1n) is 7.76. The van der Waals surface area contributed by atoms with Crippen molar-refractivity contribution >= 4 is 11.5 Å². The van der Waals surface area contributed by atoms with Gasteiger partial charge in [0.05, 0.1) is 11.9 Å². The van der Waals surface area contributed by atoms with Crippen molar-refractivity contribution in [2.45, 2.75) is 18.8 Å². The average molecular weight is 332 g/mol. The van der Waals surface area contributed by atoms with Crippen LogP contribution in [0, 0.1) is 5.82 Å². The Labute approximate surface area is 136 Å². The number of hydrogen-bond donors (Lipinski definition) is 0. The Balaban J connectivity index is 1.80. The van der Waals surface area contributed by atoms with Crippen LogP contribution in [-0.4, -0.2) is 33.6 Å². The van der Waals surface area contributed by atoms with Crippen LogP contribution in [0.1, 0.15) is 12.8 Å². The topological polar surface area (TPSA) is 33.4 Å². The van der Waals surface area contributed by atoms with E-state index >= 15 is 0 Å². The maximum absolute atomic E-state index is 14.1. The van der Waals surface area contributed by atoms with E-state index in [1.165, 1.54) is 6.07 Å². The maximum Gasteiger partial charge on any atom is 0.251 e. The van der Waals surface area contributed by atoms with E-state index in [4.69, 9.17) is 0 Å². The lowest BCUT2D eigenvalue weighted by Gasteiger charge is -2.33. The third-order valence-electron chi connectivity index (χ3n) is 4.31. The van der Waals surface area contributed by atoms with E-state index in [1.54, 1.807) is 41.0 Å². The number of fused-ring (bicyclic) bond motifs is 1. The molecule has 1 saturated heterocycles. The molecule has 2 aromatic heterocycles. The van der Waals surface area contributed by atoms with Gasteiger partial charge in [-0.25, -0.2) is 18.2 Å². The molecular weight excluding hydrogens is 317 g/mol. The predicted molar refractivity (Wildman–Crippen MR) is 84.8 cm³/mol. The lowest BCUT2D eigenvalue weighted by atomic mass is 10.1.